The molecule has 2 aromatic carbocycles. The molecule has 0 aliphatic carbocycles. The fourth-order valence-electron chi connectivity index (χ4n) is 3.08. The van der Waals surface area contributed by atoms with Gasteiger partial charge in [-0.05, 0) is 37.6 Å². The van der Waals surface area contributed by atoms with Gasteiger partial charge >= 0.3 is 0 Å². The van der Waals surface area contributed by atoms with E-state index in [1.165, 1.54) is 17.7 Å². The predicted octanol–water partition coefficient (Wildman–Crippen LogP) is 4.60. The maximum absolute atomic E-state index is 13.4. The molecule has 0 N–H and O–H groups in total. The van der Waals surface area contributed by atoms with Crippen LogP contribution in [-0.4, -0.2) is 18.1 Å². The van der Waals surface area contributed by atoms with Crippen molar-refractivity contribution in [3.63, 3.8) is 0 Å². The summed E-state index contributed by atoms with van der Waals surface area (Å²) in [4.78, 5) is 4.36. The minimum absolute atomic E-state index is 0.262. The number of hydrogen-bond acceptors (Lipinski definition) is 3. The smallest absolute Gasteiger partial charge is 0.138 e. The first-order chi connectivity index (χ1) is 10.5. The summed E-state index contributed by atoms with van der Waals surface area (Å²) in [6.45, 7) is 4.24. The minimum Gasteiger partial charge on any atom is -0.456 e. The summed E-state index contributed by atoms with van der Waals surface area (Å²) in [6, 6.07) is 8.86. The summed E-state index contributed by atoms with van der Waals surface area (Å²) in [5.41, 5.74) is 3.66. The standard InChI is InChI=1S/C18H17FN2O/c1-11-8-15-14-5-4-13(19)9-17(14)22-18(15)10-16(11)21-7-6-20(3)12(21)2/h4-10,12H,1-3H3. The van der Waals surface area contributed by atoms with Crippen molar-refractivity contribution in [1.29, 1.82) is 0 Å². The van der Waals surface area contributed by atoms with Gasteiger partial charge in [-0.25, -0.2) is 4.39 Å². The number of benzene rings is 2. The number of rotatable bonds is 1. The Bertz CT molecular complexity index is 912. The Morgan fingerprint density at radius 2 is 1.82 bits per heavy atom. The monoisotopic (exact) mass is 296 g/mol. The van der Waals surface area contributed by atoms with Crippen molar-refractivity contribution in [1.82, 2.24) is 4.90 Å². The lowest BCUT2D eigenvalue weighted by molar-refractivity contribution is 0.383. The lowest BCUT2D eigenvalue weighted by Crippen LogP contribution is -2.33. The Balaban J connectivity index is 1.93. The van der Waals surface area contributed by atoms with E-state index in [4.69, 9.17) is 4.42 Å². The quantitative estimate of drug-likeness (QED) is 0.654. The van der Waals surface area contributed by atoms with Crippen molar-refractivity contribution in [3.05, 3.63) is 54.1 Å². The molecule has 0 amide bonds. The van der Waals surface area contributed by atoms with Gasteiger partial charge in [-0.1, -0.05) is 0 Å². The molecule has 22 heavy (non-hydrogen) atoms. The lowest BCUT2D eigenvalue weighted by Gasteiger charge is -2.28. The molecule has 112 valence electrons. The van der Waals surface area contributed by atoms with Crippen LogP contribution in [0.3, 0.4) is 0 Å². The lowest BCUT2D eigenvalue weighted by atomic mass is 10.1. The van der Waals surface area contributed by atoms with Gasteiger partial charge in [0, 0.05) is 48.0 Å². The van der Waals surface area contributed by atoms with Crippen LogP contribution in [-0.2, 0) is 0 Å². The molecule has 1 aliphatic heterocycles. The van der Waals surface area contributed by atoms with E-state index < -0.39 is 0 Å². The van der Waals surface area contributed by atoms with Crippen LogP contribution in [0, 0.1) is 12.7 Å². The van der Waals surface area contributed by atoms with Gasteiger partial charge in [0.1, 0.15) is 23.1 Å². The summed E-state index contributed by atoms with van der Waals surface area (Å²) in [6.07, 6.45) is 4.39. The van der Waals surface area contributed by atoms with Crippen LogP contribution in [0.2, 0.25) is 0 Å². The predicted molar refractivity (Wildman–Crippen MR) is 87.3 cm³/mol. The number of anilines is 1. The highest BCUT2D eigenvalue weighted by Crippen LogP contribution is 2.36. The number of furan rings is 1. The van der Waals surface area contributed by atoms with E-state index in [0.29, 0.717) is 5.58 Å². The normalized spacial score (nSPS) is 18.1. The molecule has 1 aliphatic rings. The zero-order chi connectivity index (χ0) is 15.4. The molecular formula is C18H17FN2O. The molecule has 0 saturated carbocycles. The first-order valence-corrected chi connectivity index (χ1v) is 7.35. The fourth-order valence-corrected chi connectivity index (χ4v) is 3.08. The Morgan fingerprint density at radius 3 is 2.55 bits per heavy atom. The van der Waals surface area contributed by atoms with Crippen molar-refractivity contribution in [3.8, 4) is 0 Å². The topological polar surface area (TPSA) is 19.6 Å². The molecule has 2 heterocycles. The summed E-state index contributed by atoms with van der Waals surface area (Å²) in [7, 11) is 2.05. The van der Waals surface area contributed by atoms with Gasteiger partial charge in [-0.2, -0.15) is 0 Å². The van der Waals surface area contributed by atoms with Crippen LogP contribution in [0.1, 0.15) is 12.5 Å². The number of aryl methyl sites for hydroxylation is 1. The molecule has 0 bridgehead atoms. The Kier molecular flexibility index (Phi) is 2.70. The average molecular weight is 296 g/mol. The Hall–Kier alpha value is -2.49. The van der Waals surface area contributed by atoms with E-state index in [0.717, 1.165) is 22.0 Å². The second-order valence-electron chi connectivity index (χ2n) is 5.88. The zero-order valence-corrected chi connectivity index (χ0v) is 12.8. The van der Waals surface area contributed by atoms with Crippen LogP contribution < -0.4 is 4.90 Å². The molecule has 1 aromatic heterocycles. The van der Waals surface area contributed by atoms with Gasteiger partial charge in [0.25, 0.3) is 0 Å². The third-order valence-corrected chi connectivity index (χ3v) is 4.48. The highest BCUT2D eigenvalue weighted by molar-refractivity contribution is 6.06. The summed E-state index contributed by atoms with van der Waals surface area (Å²) >= 11 is 0. The van der Waals surface area contributed by atoms with Gasteiger partial charge in [-0.15, -0.1) is 0 Å². The van der Waals surface area contributed by atoms with Crippen molar-refractivity contribution < 1.29 is 8.81 Å². The second kappa shape index (κ2) is 4.50. The maximum Gasteiger partial charge on any atom is 0.138 e. The van der Waals surface area contributed by atoms with Crippen LogP contribution in [0.4, 0.5) is 10.1 Å². The van der Waals surface area contributed by atoms with E-state index in [1.54, 1.807) is 6.07 Å². The van der Waals surface area contributed by atoms with E-state index in [2.05, 4.69) is 49.2 Å². The molecule has 4 heteroatoms. The molecular weight excluding hydrogens is 279 g/mol. The van der Waals surface area contributed by atoms with Gasteiger partial charge in [0.05, 0.1) is 0 Å². The van der Waals surface area contributed by atoms with Crippen LogP contribution in [0.15, 0.2) is 47.1 Å². The first kappa shape index (κ1) is 13.2. The largest absolute Gasteiger partial charge is 0.456 e. The molecule has 0 saturated heterocycles. The summed E-state index contributed by atoms with van der Waals surface area (Å²) in [5, 5.41) is 1.98. The van der Waals surface area contributed by atoms with Crippen molar-refractivity contribution in [2.45, 2.75) is 20.0 Å². The third kappa shape index (κ3) is 1.80. The Morgan fingerprint density at radius 1 is 1.05 bits per heavy atom. The molecule has 1 atom stereocenters. The van der Waals surface area contributed by atoms with Crippen LogP contribution in [0.25, 0.3) is 21.9 Å². The highest BCUT2D eigenvalue weighted by Gasteiger charge is 2.22. The Labute approximate surface area is 128 Å². The van der Waals surface area contributed by atoms with E-state index >= 15 is 0 Å². The molecule has 0 fully saturated rings. The number of halogens is 1. The summed E-state index contributed by atoms with van der Waals surface area (Å²) < 4.78 is 19.2. The molecule has 0 radical (unpaired) electrons. The summed E-state index contributed by atoms with van der Waals surface area (Å²) in [5.74, 6) is -0.277. The van der Waals surface area contributed by atoms with Crippen LogP contribution in [0.5, 0.6) is 0 Å². The van der Waals surface area contributed by atoms with E-state index in [1.807, 2.05) is 6.07 Å². The molecule has 3 aromatic rings. The average Bonchev–Trinajstić information content (AvgIpc) is 2.99. The number of nitrogens with zero attached hydrogens (tertiary/aromatic N) is 2. The van der Waals surface area contributed by atoms with Gasteiger partial charge in [0.15, 0.2) is 0 Å². The van der Waals surface area contributed by atoms with E-state index in [-0.39, 0.29) is 12.0 Å². The van der Waals surface area contributed by atoms with Crippen LogP contribution >= 0.6 is 0 Å². The molecule has 4 rings (SSSR count). The third-order valence-electron chi connectivity index (χ3n) is 4.48. The highest BCUT2D eigenvalue weighted by atomic mass is 19.1. The van der Waals surface area contributed by atoms with Gasteiger partial charge in [-0.3, -0.25) is 0 Å². The zero-order valence-electron chi connectivity index (χ0n) is 12.8. The molecule has 0 spiro atoms. The van der Waals surface area contributed by atoms with Crippen molar-refractivity contribution >= 4 is 27.6 Å². The van der Waals surface area contributed by atoms with Gasteiger partial charge < -0.3 is 14.2 Å². The van der Waals surface area contributed by atoms with Gasteiger partial charge in [0.2, 0.25) is 0 Å². The minimum atomic E-state index is -0.277. The van der Waals surface area contributed by atoms with Crippen molar-refractivity contribution in [2.24, 2.45) is 0 Å². The fraction of sp³-hybridized carbons (Fsp3) is 0.222. The van der Waals surface area contributed by atoms with E-state index in [9.17, 15) is 4.39 Å². The molecule has 3 nitrogen and oxygen atoms in total. The number of hydrogen-bond donors (Lipinski definition) is 0. The number of fused-ring (bicyclic) bond motifs is 3. The van der Waals surface area contributed by atoms with Crippen molar-refractivity contribution in [2.75, 3.05) is 11.9 Å². The maximum atomic E-state index is 13.4. The second-order valence-corrected chi connectivity index (χ2v) is 5.88. The first-order valence-electron chi connectivity index (χ1n) is 7.35. The molecule has 1 unspecified atom stereocenters. The SMILES string of the molecule is Cc1cc2c(cc1N1C=CN(C)C1C)oc1cc(F)ccc12.